The Balaban J connectivity index is 2.07. The molecule has 2 rings (SSSR count). The molecule has 0 atom stereocenters. The Morgan fingerprint density at radius 1 is 1.47 bits per heavy atom. The second-order valence-corrected chi connectivity index (χ2v) is 3.56. The molecule has 90 valence electrons. The number of aromatic nitrogens is 3. The van der Waals surface area contributed by atoms with E-state index in [1.165, 1.54) is 12.4 Å². The largest absolute Gasteiger partial charge is 0.483 e. The summed E-state index contributed by atoms with van der Waals surface area (Å²) < 4.78 is 20.4. The predicted octanol–water partition coefficient (Wildman–Crippen LogP) is 0.992. The van der Waals surface area contributed by atoms with Crippen LogP contribution in [-0.2, 0) is 20.2 Å². The van der Waals surface area contributed by atoms with Crippen molar-refractivity contribution in [3.05, 3.63) is 41.7 Å². The zero-order valence-electron chi connectivity index (χ0n) is 9.43. The molecular weight excluding hydrogens is 223 g/mol. The van der Waals surface area contributed by atoms with Crippen LogP contribution in [0.1, 0.15) is 11.4 Å². The van der Waals surface area contributed by atoms with Crippen LogP contribution >= 0.6 is 0 Å². The van der Waals surface area contributed by atoms with E-state index in [2.05, 4.69) is 10.1 Å². The Kier molecular flexibility index (Phi) is 3.34. The minimum Gasteiger partial charge on any atom is -0.483 e. The van der Waals surface area contributed by atoms with Crippen molar-refractivity contribution in [3.8, 4) is 5.75 Å². The zero-order valence-corrected chi connectivity index (χ0v) is 9.43. The zero-order chi connectivity index (χ0) is 12.3. The summed E-state index contributed by atoms with van der Waals surface area (Å²) in [5.41, 5.74) is 6.14. The lowest BCUT2D eigenvalue weighted by molar-refractivity contribution is 0.275. The Morgan fingerprint density at radius 3 is 2.88 bits per heavy atom. The first-order chi connectivity index (χ1) is 8.20. The van der Waals surface area contributed by atoms with Crippen molar-refractivity contribution in [2.45, 2.75) is 13.2 Å². The maximum atomic E-state index is 13.5. The number of benzene rings is 1. The molecule has 1 aromatic heterocycles. The van der Waals surface area contributed by atoms with Crippen LogP contribution in [0.5, 0.6) is 5.75 Å². The smallest absolute Gasteiger partial charge is 0.165 e. The number of ether oxygens (including phenoxy) is 1. The normalized spacial score (nSPS) is 10.5. The van der Waals surface area contributed by atoms with Gasteiger partial charge in [-0.15, -0.1) is 0 Å². The first-order valence-corrected chi connectivity index (χ1v) is 5.15. The number of hydrogen-bond acceptors (Lipinski definition) is 4. The molecule has 1 heterocycles. The van der Waals surface area contributed by atoms with Crippen LogP contribution < -0.4 is 10.5 Å². The summed E-state index contributed by atoms with van der Waals surface area (Å²) in [5, 5.41) is 3.89. The van der Waals surface area contributed by atoms with Crippen molar-refractivity contribution < 1.29 is 9.13 Å². The molecule has 0 saturated carbocycles. The molecule has 5 nitrogen and oxygen atoms in total. The fourth-order valence-corrected chi connectivity index (χ4v) is 1.38. The molecule has 17 heavy (non-hydrogen) atoms. The lowest BCUT2D eigenvalue weighted by Crippen LogP contribution is -2.05. The average Bonchev–Trinajstić information content (AvgIpc) is 2.73. The number of halogens is 1. The van der Waals surface area contributed by atoms with Gasteiger partial charge in [0.2, 0.25) is 0 Å². The molecule has 0 aliphatic carbocycles. The standard InChI is InChI=1S/C11H13FN4O/c1-16-11(14-7-15-16)6-17-10-3-2-8(5-13)4-9(10)12/h2-4,7H,5-6,13H2,1H3. The molecule has 0 fully saturated rings. The van der Waals surface area contributed by atoms with E-state index in [-0.39, 0.29) is 12.4 Å². The molecular formula is C11H13FN4O. The Hall–Kier alpha value is -1.95. The Morgan fingerprint density at radius 2 is 2.29 bits per heavy atom. The summed E-state index contributed by atoms with van der Waals surface area (Å²) in [6.45, 7) is 0.482. The van der Waals surface area contributed by atoms with Gasteiger partial charge < -0.3 is 10.5 Å². The molecule has 0 aliphatic rings. The highest BCUT2D eigenvalue weighted by molar-refractivity contribution is 5.29. The third kappa shape index (κ3) is 2.59. The van der Waals surface area contributed by atoms with Crippen molar-refractivity contribution in [1.29, 1.82) is 0 Å². The maximum absolute atomic E-state index is 13.5. The monoisotopic (exact) mass is 236 g/mol. The first kappa shape index (κ1) is 11.5. The van der Waals surface area contributed by atoms with E-state index < -0.39 is 5.82 Å². The topological polar surface area (TPSA) is 66.0 Å². The summed E-state index contributed by atoms with van der Waals surface area (Å²) in [4.78, 5) is 3.98. The predicted molar refractivity (Wildman–Crippen MR) is 59.6 cm³/mol. The number of nitrogens with zero attached hydrogens (tertiary/aromatic N) is 3. The van der Waals surface area contributed by atoms with Gasteiger partial charge in [-0.3, -0.25) is 4.68 Å². The molecule has 2 N–H and O–H groups in total. The van der Waals surface area contributed by atoms with Gasteiger partial charge in [-0.2, -0.15) is 5.10 Å². The summed E-state index contributed by atoms with van der Waals surface area (Å²) in [6, 6.07) is 4.66. The van der Waals surface area contributed by atoms with Gasteiger partial charge in [0.1, 0.15) is 12.9 Å². The van der Waals surface area contributed by atoms with Crippen LogP contribution in [-0.4, -0.2) is 14.8 Å². The highest BCUT2D eigenvalue weighted by atomic mass is 19.1. The molecule has 0 radical (unpaired) electrons. The van der Waals surface area contributed by atoms with Crippen LogP contribution in [0, 0.1) is 5.82 Å². The van der Waals surface area contributed by atoms with Gasteiger partial charge in [-0.05, 0) is 17.7 Å². The van der Waals surface area contributed by atoms with E-state index in [0.717, 1.165) is 5.56 Å². The molecule has 0 amide bonds. The minimum atomic E-state index is -0.421. The third-order valence-electron chi connectivity index (χ3n) is 2.39. The molecule has 1 aromatic carbocycles. The molecule has 0 spiro atoms. The molecule has 2 aromatic rings. The maximum Gasteiger partial charge on any atom is 0.165 e. The Labute approximate surface area is 98.0 Å². The summed E-state index contributed by atoms with van der Waals surface area (Å²) >= 11 is 0. The Bertz CT molecular complexity index is 512. The van der Waals surface area contributed by atoms with Crippen LogP contribution in [0.25, 0.3) is 0 Å². The number of nitrogens with two attached hydrogens (primary N) is 1. The quantitative estimate of drug-likeness (QED) is 0.859. The van der Waals surface area contributed by atoms with E-state index in [1.54, 1.807) is 23.9 Å². The molecule has 0 saturated heterocycles. The molecule has 6 heteroatoms. The fraction of sp³-hybridized carbons (Fsp3) is 0.273. The van der Waals surface area contributed by atoms with Gasteiger partial charge in [0.15, 0.2) is 17.4 Å². The van der Waals surface area contributed by atoms with Crippen LogP contribution in [0.2, 0.25) is 0 Å². The van der Waals surface area contributed by atoms with E-state index in [9.17, 15) is 4.39 Å². The van der Waals surface area contributed by atoms with Crippen molar-refractivity contribution in [3.63, 3.8) is 0 Å². The van der Waals surface area contributed by atoms with Crippen molar-refractivity contribution >= 4 is 0 Å². The highest BCUT2D eigenvalue weighted by Crippen LogP contribution is 2.19. The number of aryl methyl sites for hydroxylation is 1. The van der Waals surface area contributed by atoms with Gasteiger partial charge >= 0.3 is 0 Å². The van der Waals surface area contributed by atoms with Gasteiger partial charge in [0.05, 0.1) is 0 Å². The first-order valence-electron chi connectivity index (χ1n) is 5.15. The van der Waals surface area contributed by atoms with E-state index >= 15 is 0 Å². The minimum absolute atomic E-state index is 0.176. The summed E-state index contributed by atoms with van der Waals surface area (Å²) in [5.74, 6) is 0.396. The SMILES string of the molecule is Cn1ncnc1COc1ccc(CN)cc1F. The van der Waals surface area contributed by atoms with Gasteiger partial charge in [-0.25, -0.2) is 9.37 Å². The summed E-state index contributed by atoms with van der Waals surface area (Å²) in [7, 11) is 1.75. The van der Waals surface area contributed by atoms with Crippen LogP contribution in [0.15, 0.2) is 24.5 Å². The van der Waals surface area contributed by atoms with Crippen molar-refractivity contribution in [1.82, 2.24) is 14.8 Å². The average molecular weight is 236 g/mol. The second-order valence-electron chi connectivity index (χ2n) is 3.56. The van der Waals surface area contributed by atoms with Crippen LogP contribution in [0.4, 0.5) is 4.39 Å². The molecule has 0 unspecified atom stereocenters. The van der Waals surface area contributed by atoms with Gasteiger partial charge in [0.25, 0.3) is 0 Å². The van der Waals surface area contributed by atoms with E-state index in [0.29, 0.717) is 12.4 Å². The van der Waals surface area contributed by atoms with Crippen molar-refractivity contribution in [2.24, 2.45) is 12.8 Å². The van der Waals surface area contributed by atoms with E-state index in [4.69, 9.17) is 10.5 Å². The van der Waals surface area contributed by atoms with E-state index in [1.807, 2.05) is 0 Å². The van der Waals surface area contributed by atoms with Crippen molar-refractivity contribution in [2.75, 3.05) is 0 Å². The molecule has 0 aliphatic heterocycles. The van der Waals surface area contributed by atoms with Gasteiger partial charge in [-0.1, -0.05) is 6.07 Å². The summed E-state index contributed by atoms with van der Waals surface area (Å²) in [6.07, 6.45) is 1.42. The van der Waals surface area contributed by atoms with Crippen LogP contribution in [0.3, 0.4) is 0 Å². The lowest BCUT2D eigenvalue weighted by Gasteiger charge is -2.07. The molecule has 0 bridgehead atoms. The number of rotatable bonds is 4. The second kappa shape index (κ2) is 4.92. The lowest BCUT2D eigenvalue weighted by atomic mass is 10.2. The van der Waals surface area contributed by atoms with Gasteiger partial charge in [0, 0.05) is 13.6 Å². The number of hydrogen-bond donors (Lipinski definition) is 1. The third-order valence-corrected chi connectivity index (χ3v) is 2.39. The fourth-order valence-electron chi connectivity index (χ4n) is 1.38. The highest BCUT2D eigenvalue weighted by Gasteiger charge is 2.06.